The molecule has 6 nitrogen and oxygen atoms in total. The van der Waals surface area contributed by atoms with Crippen LogP contribution in [0.1, 0.15) is 11.8 Å². The van der Waals surface area contributed by atoms with Crippen LogP contribution in [0.5, 0.6) is 17.2 Å². The SMILES string of the molecule is N#CC(C(=O)COc1ccc(Oc2ccccc2)cc1)c1nc2ccccc2o1. The quantitative estimate of drug-likeness (QED) is 0.452. The zero-order valence-electron chi connectivity index (χ0n) is 15.3. The van der Waals surface area contributed by atoms with Gasteiger partial charge in [0.2, 0.25) is 5.89 Å². The number of carbonyl (C=O) groups excluding carboxylic acids is 1. The molecule has 0 bridgehead atoms. The number of hydrogen-bond acceptors (Lipinski definition) is 6. The third-order valence-corrected chi connectivity index (χ3v) is 4.19. The maximum Gasteiger partial charge on any atom is 0.220 e. The van der Waals surface area contributed by atoms with Gasteiger partial charge in [-0.2, -0.15) is 5.26 Å². The van der Waals surface area contributed by atoms with Crippen LogP contribution in [0.15, 0.2) is 83.3 Å². The Morgan fingerprint density at radius 1 is 0.931 bits per heavy atom. The predicted octanol–water partition coefficient (Wildman–Crippen LogP) is 4.88. The number of nitrogens with zero attached hydrogens (tertiary/aromatic N) is 2. The lowest BCUT2D eigenvalue weighted by Gasteiger charge is -2.09. The van der Waals surface area contributed by atoms with Crippen LogP contribution in [0.4, 0.5) is 0 Å². The van der Waals surface area contributed by atoms with Crippen LogP contribution in [-0.4, -0.2) is 17.4 Å². The molecule has 1 atom stereocenters. The molecule has 1 aromatic heterocycles. The van der Waals surface area contributed by atoms with Crippen molar-refractivity contribution in [2.75, 3.05) is 6.61 Å². The van der Waals surface area contributed by atoms with Gasteiger partial charge in [0.25, 0.3) is 0 Å². The smallest absolute Gasteiger partial charge is 0.220 e. The predicted molar refractivity (Wildman–Crippen MR) is 106 cm³/mol. The molecular weight excluding hydrogens is 368 g/mol. The summed E-state index contributed by atoms with van der Waals surface area (Å²) in [6, 6.07) is 25.4. The van der Waals surface area contributed by atoms with Crippen LogP contribution in [0, 0.1) is 11.3 Å². The van der Waals surface area contributed by atoms with E-state index in [2.05, 4.69) is 4.98 Å². The molecule has 0 radical (unpaired) electrons. The highest BCUT2D eigenvalue weighted by atomic mass is 16.5. The van der Waals surface area contributed by atoms with Crippen molar-refractivity contribution in [1.29, 1.82) is 5.26 Å². The van der Waals surface area contributed by atoms with Gasteiger partial charge in [-0.1, -0.05) is 30.3 Å². The summed E-state index contributed by atoms with van der Waals surface area (Å²) in [7, 11) is 0. The van der Waals surface area contributed by atoms with Gasteiger partial charge < -0.3 is 13.9 Å². The molecule has 0 saturated carbocycles. The number of carbonyl (C=O) groups is 1. The maximum absolute atomic E-state index is 12.5. The second-order valence-corrected chi connectivity index (χ2v) is 6.22. The van der Waals surface area contributed by atoms with Gasteiger partial charge in [0.15, 0.2) is 17.3 Å². The Morgan fingerprint density at radius 2 is 1.59 bits per heavy atom. The molecule has 0 amide bonds. The molecule has 4 aromatic rings. The molecule has 0 aliphatic carbocycles. The monoisotopic (exact) mass is 384 g/mol. The maximum atomic E-state index is 12.5. The van der Waals surface area contributed by atoms with Gasteiger partial charge >= 0.3 is 0 Å². The van der Waals surface area contributed by atoms with Crippen molar-refractivity contribution in [3.8, 4) is 23.3 Å². The van der Waals surface area contributed by atoms with Crippen molar-refractivity contribution in [2.45, 2.75) is 5.92 Å². The van der Waals surface area contributed by atoms with Crippen molar-refractivity contribution >= 4 is 16.9 Å². The summed E-state index contributed by atoms with van der Waals surface area (Å²) < 4.78 is 16.8. The van der Waals surface area contributed by atoms with Crippen molar-refractivity contribution in [2.24, 2.45) is 0 Å². The van der Waals surface area contributed by atoms with Gasteiger partial charge in [-0.15, -0.1) is 0 Å². The fourth-order valence-electron chi connectivity index (χ4n) is 2.74. The number of oxazole rings is 1. The molecule has 0 N–H and O–H groups in total. The van der Waals surface area contributed by atoms with Gasteiger partial charge in [-0.25, -0.2) is 4.98 Å². The van der Waals surface area contributed by atoms with E-state index >= 15 is 0 Å². The van der Waals surface area contributed by atoms with Crippen LogP contribution in [0.2, 0.25) is 0 Å². The van der Waals surface area contributed by atoms with E-state index in [0.29, 0.717) is 22.6 Å². The first kappa shape index (κ1) is 18.3. The van der Waals surface area contributed by atoms with E-state index in [1.54, 1.807) is 42.5 Å². The molecule has 4 rings (SSSR count). The molecule has 0 aliphatic heterocycles. The second-order valence-electron chi connectivity index (χ2n) is 6.22. The number of aromatic nitrogens is 1. The minimum Gasteiger partial charge on any atom is -0.486 e. The van der Waals surface area contributed by atoms with E-state index < -0.39 is 11.7 Å². The normalized spacial score (nSPS) is 11.6. The standard InChI is InChI=1S/C23H16N2O4/c24-14-19(23-25-20-8-4-5-9-22(20)29-23)21(26)15-27-16-10-12-18(13-11-16)28-17-6-2-1-3-7-17/h1-13,19H,15H2. The Balaban J connectivity index is 1.38. The van der Waals surface area contributed by atoms with Gasteiger partial charge in [0.05, 0.1) is 6.07 Å². The molecule has 3 aromatic carbocycles. The second kappa shape index (κ2) is 8.28. The lowest BCUT2D eigenvalue weighted by Crippen LogP contribution is -2.19. The summed E-state index contributed by atoms with van der Waals surface area (Å²) in [4.78, 5) is 16.7. The van der Waals surface area contributed by atoms with Gasteiger partial charge in [0, 0.05) is 0 Å². The van der Waals surface area contributed by atoms with E-state index in [-0.39, 0.29) is 12.5 Å². The highest BCUT2D eigenvalue weighted by Gasteiger charge is 2.26. The summed E-state index contributed by atoms with van der Waals surface area (Å²) in [5.74, 6) is 0.400. The molecule has 0 aliphatic rings. The van der Waals surface area contributed by atoms with E-state index in [1.807, 2.05) is 42.5 Å². The summed E-state index contributed by atoms with van der Waals surface area (Å²) >= 11 is 0. The number of ketones is 1. The molecule has 29 heavy (non-hydrogen) atoms. The van der Waals surface area contributed by atoms with Crippen molar-refractivity contribution in [3.05, 3.63) is 84.8 Å². The van der Waals surface area contributed by atoms with Crippen LogP contribution in [0.3, 0.4) is 0 Å². The number of para-hydroxylation sites is 3. The van der Waals surface area contributed by atoms with Crippen LogP contribution >= 0.6 is 0 Å². The third kappa shape index (κ3) is 4.25. The average molecular weight is 384 g/mol. The zero-order valence-corrected chi connectivity index (χ0v) is 15.3. The minimum atomic E-state index is -1.12. The summed E-state index contributed by atoms with van der Waals surface area (Å²) in [6.07, 6.45) is 0. The lowest BCUT2D eigenvalue weighted by molar-refractivity contribution is -0.121. The molecular formula is C23H16N2O4. The summed E-state index contributed by atoms with van der Waals surface area (Å²) in [6.45, 7) is -0.268. The Kier molecular flexibility index (Phi) is 5.21. The average Bonchev–Trinajstić information content (AvgIpc) is 3.18. The third-order valence-electron chi connectivity index (χ3n) is 4.19. The Bertz CT molecular complexity index is 1130. The van der Waals surface area contributed by atoms with Crippen molar-refractivity contribution < 1.29 is 18.7 Å². The number of ether oxygens (including phenoxy) is 2. The van der Waals surface area contributed by atoms with E-state index in [1.165, 1.54) is 0 Å². The molecule has 142 valence electrons. The number of nitriles is 1. The van der Waals surface area contributed by atoms with Gasteiger partial charge in [0.1, 0.15) is 29.4 Å². The fraction of sp³-hybridized carbons (Fsp3) is 0.0870. The molecule has 1 heterocycles. The zero-order chi connectivity index (χ0) is 20.1. The Morgan fingerprint density at radius 3 is 2.31 bits per heavy atom. The number of rotatable bonds is 7. The summed E-state index contributed by atoms with van der Waals surface area (Å²) in [5.41, 5.74) is 1.14. The number of Topliss-reactive ketones (excluding diaryl/α,β-unsaturated/α-hetero) is 1. The first-order chi connectivity index (χ1) is 14.2. The number of hydrogen-bond donors (Lipinski definition) is 0. The molecule has 6 heteroatoms. The van der Waals surface area contributed by atoms with E-state index in [0.717, 1.165) is 5.75 Å². The van der Waals surface area contributed by atoms with Crippen LogP contribution in [0.25, 0.3) is 11.1 Å². The van der Waals surface area contributed by atoms with Crippen LogP contribution < -0.4 is 9.47 Å². The topological polar surface area (TPSA) is 85.4 Å². The minimum absolute atomic E-state index is 0.0777. The molecule has 0 spiro atoms. The van der Waals surface area contributed by atoms with Crippen LogP contribution in [-0.2, 0) is 4.79 Å². The Hall–Kier alpha value is -4.11. The molecule has 0 saturated heterocycles. The lowest BCUT2D eigenvalue weighted by atomic mass is 10.1. The van der Waals surface area contributed by atoms with Gasteiger partial charge in [-0.3, -0.25) is 4.79 Å². The number of fused-ring (bicyclic) bond motifs is 1. The number of benzene rings is 3. The van der Waals surface area contributed by atoms with Crippen molar-refractivity contribution in [3.63, 3.8) is 0 Å². The Labute approximate surface area is 166 Å². The first-order valence-electron chi connectivity index (χ1n) is 8.96. The largest absolute Gasteiger partial charge is 0.486 e. The molecule has 0 fully saturated rings. The van der Waals surface area contributed by atoms with Gasteiger partial charge in [-0.05, 0) is 48.5 Å². The van der Waals surface area contributed by atoms with E-state index in [9.17, 15) is 10.1 Å². The van der Waals surface area contributed by atoms with E-state index in [4.69, 9.17) is 13.9 Å². The summed E-state index contributed by atoms with van der Waals surface area (Å²) in [5, 5.41) is 9.41. The fourth-order valence-corrected chi connectivity index (χ4v) is 2.74. The van der Waals surface area contributed by atoms with Crippen molar-refractivity contribution in [1.82, 2.24) is 4.98 Å². The highest BCUT2D eigenvalue weighted by molar-refractivity contribution is 5.89. The highest BCUT2D eigenvalue weighted by Crippen LogP contribution is 2.25. The molecule has 1 unspecified atom stereocenters. The first-order valence-corrected chi connectivity index (χ1v) is 8.96.